The average Bonchev–Trinajstić information content (AvgIpc) is 2.65. The quantitative estimate of drug-likeness (QED) is 0.751. The molecular formula is C21H24F3NO2. The van der Waals surface area contributed by atoms with Crippen molar-refractivity contribution < 1.29 is 22.6 Å². The summed E-state index contributed by atoms with van der Waals surface area (Å²) in [6, 6.07) is 9.76. The van der Waals surface area contributed by atoms with Gasteiger partial charge in [-0.2, -0.15) is 13.2 Å². The van der Waals surface area contributed by atoms with Crippen LogP contribution in [0.15, 0.2) is 36.4 Å². The van der Waals surface area contributed by atoms with Gasteiger partial charge in [0.05, 0.1) is 19.8 Å². The van der Waals surface area contributed by atoms with Gasteiger partial charge >= 0.3 is 6.18 Å². The van der Waals surface area contributed by atoms with Crippen molar-refractivity contribution in [2.45, 2.75) is 38.5 Å². The normalized spacial score (nSPS) is 15.9. The molecular weight excluding hydrogens is 355 g/mol. The van der Waals surface area contributed by atoms with Gasteiger partial charge in [-0.1, -0.05) is 18.2 Å². The van der Waals surface area contributed by atoms with Crippen LogP contribution in [0.4, 0.5) is 13.2 Å². The fraction of sp³-hybridized carbons (Fsp3) is 0.429. The molecule has 1 heterocycles. The van der Waals surface area contributed by atoms with Crippen LogP contribution in [0.2, 0.25) is 0 Å². The molecule has 3 nitrogen and oxygen atoms in total. The van der Waals surface area contributed by atoms with Crippen LogP contribution in [0, 0.1) is 0 Å². The molecule has 27 heavy (non-hydrogen) atoms. The van der Waals surface area contributed by atoms with Crippen LogP contribution < -0.4 is 9.47 Å². The number of ether oxygens (including phenoxy) is 2. The van der Waals surface area contributed by atoms with E-state index in [-0.39, 0.29) is 6.04 Å². The third kappa shape index (κ3) is 4.38. The number of hydrogen-bond donors (Lipinski definition) is 0. The van der Waals surface area contributed by atoms with Crippen molar-refractivity contribution in [1.82, 2.24) is 4.90 Å². The number of hydrogen-bond acceptors (Lipinski definition) is 3. The van der Waals surface area contributed by atoms with Gasteiger partial charge in [0.15, 0.2) is 11.5 Å². The first-order chi connectivity index (χ1) is 12.8. The first-order valence-electron chi connectivity index (χ1n) is 8.95. The van der Waals surface area contributed by atoms with Crippen LogP contribution >= 0.6 is 0 Å². The van der Waals surface area contributed by atoms with Crippen LogP contribution in [-0.4, -0.2) is 31.7 Å². The Bertz CT molecular complexity index is 804. The molecule has 3 rings (SSSR count). The zero-order chi connectivity index (χ0) is 19.6. The van der Waals surface area contributed by atoms with Gasteiger partial charge in [-0.25, -0.2) is 0 Å². The Hall–Kier alpha value is -2.21. The molecule has 0 aliphatic carbocycles. The lowest BCUT2D eigenvalue weighted by Crippen LogP contribution is -2.38. The molecule has 2 aromatic carbocycles. The molecule has 0 fully saturated rings. The Kier molecular flexibility index (Phi) is 5.65. The molecule has 0 radical (unpaired) electrons. The van der Waals surface area contributed by atoms with Crippen LogP contribution in [0.3, 0.4) is 0 Å². The molecule has 1 aliphatic heterocycles. The second-order valence-corrected chi connectivity index (χ2v) is 6.95. The molecule has 0 amide bonds. The van der Waals surface area contributed by atoms with Crippen LogP contribution in [0.25, 0.3) is 0 Å². The van der Waals surface area contributed by atoms with Crippen LogP contribution in [0.5, 0.6) is 11.5 Å². The molecule has 0 aromatic heterocycles. The molecule has 6 heteroatoms. The fourth-order valence-corrected chi connectivity index (χ4v) is 3.63. The van der Waals surface area contributed by atoms with Crippen LogP contribution in [0.1, 0.15) is 29.2 Å². The number of alkyl halides is 3. The summed E-state index contributed by atoms with van der Waals surface area (Å²) in [6.45, 7) is 3.67. The highest BCUT2D eigenvalue weighted by Crippen LogP contribution is 2.34. The van der Waals surface area contributed by atoms with E-state index in [1.54, 1.807) is 20.3 Å². The topological polar surface area (TPSA) is 21.7 Å². The van der Waals surface area contributed by atoms with E-state index >= 15 is 0 Å². The monoisotopic (exact) mass is 379 g/mol. The van der Waals surface area contributed by atoms with Gasteiger partial charge < -0.3 is 9.47 Å². The lowest BCUT2D eigenvalue weighted by atomic mass is 9.96. The van der Waals surface area contributed by atoms with Gasteiger partial charge in [-0.15, -0.1) is 0 Å². The summed E-state index contributed by atoms with van der Waals surface area (Å²) in [5.41, 5.74) is 2.52. The van der Waals surface area contributed by atoms with E-state index in [2.05, 4.69) is 11.8 Å². The van der Waals surface area contributed by atoms with Crippen molar-refractivity contribution in [3.8, 4) is 11.5 Å². The molecule has 0 saturated carbocycles. The summed E-state index contributed by atoms with van der Waals surface area (Å²) < 4.78 is 49.5. The van der Waals surface area contributed by atoms with Crippen LogP contribution in [-0.2, 0) is 25.6 Å². The van der Waals surface area contributed by atoms with Gasteiger partial charge in [-0.3, -0.25) is 4.90 Å². The summed E-state index contributed by atoms with van der Waals surface area (Å²) in [7, 11) is 3.23. The smallest absolute Gasteiger partial charge is 0.416 e. The molecule has 2 aromatic rings. The largest absolute Gasteiger partial charge is 0.493 e. The van der Waals surface area contributed by atoms with Gasteiger partial charge in [0.1, 0.15) is 0 Å². The number of fused-ring (bicyclic) bond motifs is 1. The highest BCUT2D eigenvalue weighted by atomic mass is 19.4. The van der Waals surface area contributed by atoms with E-state index < -0.39 is 11.7 Å². The minimum Gasteiger partial charge on any atom is -0.493 e. The number of rotatable bonds is 5. The van der Waals surface area contributed by atoms with Gasteiger partial charge in [0.25, 0.3) is 0 Å². The first kappa shape index (κ1) is 19.5. The second kappa shape index (κ2) is 7.80. The van der Waals surface area contributed by atoms with E-state index in [0.29, 0.717) is 17.7 Å². The predicted molar refractivity (Wildman–Crippen MR) is 98.3 cm³/mol. The van der Waals surface area contributed by atoms with Crippen molar-refractivity contribution in [2.75, 3.05) is 20.8 Å². The maximum absolute atomic E-state index is 12.9. The Labute approximate surface area is 157 Å². The number of halogens is 3. The van der Waals surface area contributed by atoms with Gasteiger partial charge in [0, 0.05) is 19.1 Å². The molecule has 146 valence electrons. The third-order valence-corrected chi connectivity index (χ3v) is 5.16. The molecule has 0 spiro atoms. The van der Waals surface area contributed by atoms with E-state index in [1.807, 2.05) is 12.1 Å². The maximum atomic E-state index is 12.9. The Morgan fingerprint density at radius 3 is 2.33 bits per heavy atom. The predicted octanol–water partition coefficient (Wildman–Crippen LogP) is 4.71. The molecule has 0 N–H and O–H groups in total. The summed E-state index contributed by atoms with van der Waals surface area (Å²) in [4.78, 5) is 2.30. The Balaban J connectivity index is 1.73. The Morgan fingerprint density at radius 1 is 1.04 bits per heavy atom. The number of nitrogens with zero attached hydrogens (tertiary/aromatic N) is 1. The van der Waals surface area contributed by atoms with E-state index in [0.717, 1.165) is 31.3 Å². The highest BCUT2D eigenvalue weighted by molar-refractivity contribution is 5.48. The summed E-state index contributed by atoms with van der Waals surface area (Å²) in [5, 5.41) is 0. The standard InChI is InChI=1S/C21H24F3NO2/c1-14(9-15-5-4-6-18(10-15)21(22,23)24)25-8-7-16-11-19(26-2)20(27-3)12-17(16)13-25/h4-6,10-12,14H,7-9,13H2,1-3H3/t14-/m0/s1. The first-order valence-corrected chi connectivity index (χ1v) is 8.95. The Morgan fingerprint density at radius 2 is 1.70 bits per heavy atom. The zero-order valence-electron chi connectivity index (χ0n) is 15.8. The minimum atomic E-state index is -4.31. The summed E-state index contributed by atoms with van der Waals surface area (Å²) in [6.07, 6.45) is -2.85. The van der Waals surface area contributed by atoms with E-state index in [9.17, 15) is 13.2 Å². The average molecular weight is 379 g/mol. The second-order valence-electron chi connectivity index (χ2n) is 6.95. The van der Waals surface area contributed by atoms with Gasteiger partial charge in [0.2, 0.25) is 0 Å². The van der Waals surface area contributed by atoms with Crippen molar-refractivity contribution in [1.29, 1.82) is 0 Å². The SMILES string of the molecule is COc1cc2c(cc1OC)CN([C@@H](C)Cc1cccc(C(F)(F)F)c1)CC2. The van der Waals surface area contributed by atoms with E-state index in [1.165, 1.54) is 23.3 Å². The molecule has 1 atom stereocenters. The van der Waals surface area contributed by atoms with Crippen molar-refractivity contribution in [3.05, 3.63) is 58.7 Å². The van der Waals surface area contributed by atoms with Crippen molar-refractivity contribution in [3.63, 3.8) is 0 Å². The number of benzene rings is 2. The fourth-order valence-electron chi connectivity index (χ4n) is 3.63. The lowest BCUT2D eigenvalue weighted by molar-refractivity contribution is -0.137. The molecule has 1 aliphatic rings. The van der Waals surface area contributed by atoms with Crippen molar-refractivity contribution >= 4 is 0 Å². The van der Waals surface area contributed by atoms with E-state index in [4.69, 9.17) is 9.47 Å². The minimum absolute atomic E-state index is 0.134. The summed E-state index contributed by atoms with van der Waals surface area (Å²) in [5.74, 6) is 1.42. The lowest BCUT2D eigenvalue weighted by Gasteiger charge is -2.34. The van der Waals surface area contributed by atoms with Gasteiger partial charge in [-0.05, 0) is 54.7 Å². The zero-order valence-corrected chi connectivity index (χ0v) is 15.8. The molecule has 0 unspecified atom stereocenters. The highest BCUT2D eigenvalue weighted by Gasteiger charge is 2.30. The third-order valence-electron chi connectivity index (χ3n) is 5.16. The van der Waals surface area contributed by atoms with Crippen molar-refractivity contribution in [2.24, 2.45) is 0 Å². The molecule has 0 bridgehead atoms. The molecule has 0 saturated heterocycles. The summed E-state index contributed by atoms with van der Waals surface area (Å²) >= 11 is 0. The number of methoxy groups -OCH3 is 2. The maximum Gasteiger partial charge on any atom is 0.416 e.